The summed E-state index contributed by atoms with van der Waals surface area (Å²) < 4.78 is 0. The average Bonchev–Trinajstić information content (AvgIpc) is 3.68. The largest absolute Gasteiger partial charge is 0.349 e. The Labute approximate surface area is 219 Å². The maximum atomic E-state index is 13.3. The summed E-state index contributed by atoms with van der Waals surface area (Å²) in [5.74, 6) is 0.731. The predicted molar refractivity (Wildman–Crippen MR) is 142 cm³/mol. The molecule has 2 aliphatic heterocycles. The molecule has 1 saturated carbocycles. The highest BCUT2D eigenvalue weighted by molar-refractivity contribution is 6.30. The van der Waals surface area contributed by atoms with Gasteiger partial charge >= 0.3 is 0 Å². The normalized spacial score (nSPS) is 20.5. The van der Waals surface area contributed by atoms with Crippen LogP contribution in [-0.2, 0) is 16.1 Å². The monoisotopic (exact) mass is 515 g/mol. The van der Waals surface area contributed by atoms with Crippen molar-refractivity contribution in [1.29, 1.82) is 0 Å². The molecule has 35 heavy (non-hydrogen) atoms. The van der Waals surface area contributed by atoms with Gasteiger partial charge in [-0.05, 0) is 74.9 Å². The number of carbonyl (C=O) groups excluding carboxylic acids is 2. The van der Waals surface area contributed by atoms with Gasteiger partial charge in [-0.3, -0.25) is 9.59 Å². The lowest BCUT2D eigenvalue weighted by molar-refractivity contribution is -0.139. The Hall–Kier alpha value is -2.08. The first kappa shape index (κ1) is 26.0. The zero-order valence-electron chi connectivity index (χ0n) is 20.1. The van der Waals surface area contributed by atoms with Crippen molar-refractivity contribution in [3.8, 4) is 0 Å². The first-order valence-electron chi connectivity index (χ1n) is 12.6. The molecule has 2 saturated heterocycles. The van der Waals surface area contributed by atoms with Gasteiger partial charge in [0.05, 0.1) is 11.5 Å². The van der Waals surface area contributed by atoms with E-state index in [0.29, 0.717) is 12.5 Å². The maximum Gasteiger partial charge on any atom is 0.229 e. The number of hydrogen-bond acceptors (Lipinski definition) is 3. The fraction of sp³-hybridized carbons (Fsp3) is 0.500. The van der Waals surface area contributed by atoms with Crippen LogP contribution >= 0.6 is 24.0 Å². The topological polar surface area (TPSA) is 52.7 Å². The number of halogens is 2. The van der Waals surface area contributed by atoms with Gasteiger partial charge in [-0.15, -0.1) is 12.4 Å². The van der Waals surface area contributed by atoms with Gasteiger partial charge in [-0.25, -0.2) is 0 Å². The van der Waals surface area contributed by atoms with Crippen LogP contribution < -0.4 is 5.32 Å². The van der Waals surface area contributed by atoms with E-state index in [1.165, 1.54) is 5.56 Å². The fourth-order valence-corrected chi connectivity index (χ4v) is 5.60. The highest BCUT2D eigenvalue weighted by Gasteiger charge is 2.47. The average molecular weight is 517 g/mol. The van der Waals surface area contributed by atoms with Crippen molar-refractivity contribution in [2.45, 2.75) is 51.1 Å². The Morgan fingerprint density at radius 2 is 1.66 bits per heavy atom. The number of hydrogen-bond donors (Lipinski definition) is 1. The first-order valence-corrected chi connectivity index (χ1v) is 13.0. The molecule has 0 bridgehead atoms. The van der Waals surface area contributed by atoms with Gasteiger partial charge in [0.25, 0.3) is 0 Å². The molecule has 5 nitrogen and oxygen atoms in total. The van der Waals surface area contributed by atoms with Crippen LogP contribution in [0.2, 0.25) is 5.02 Å². The summed E-state index contributed by atoms with van der Waals surface area (Å²) in [5.41, 5.74) is 2.11. The summed E-state index contributed by atoms with van der Waals surface area (Å²) in [6.07, 6.45) is 5.74. The van der Waals surface area contributed by atoms with Crippen LogP contribution in [0.5, 0.6) is 0 Å². The molecule has 0 radical (unpaired) electrons. The van der Waals surface area contributed by atoms with Crippen LogP contribution in [0, 0.1) is 11.3 Å². The molecule has 7 heteroatoms. The van der Waals surface area contributed by atoms with E-state index in [0.717, 1.165) is 75.3 Å². The van der Waals surface area contributed by atoms with Gasteiger partial charge in [0.15, 0.2) is 0 Å². The summed E-state index contributed by atoms with van der Waals surface area (Å²) in [6.45, 7) is 4.33. The zero-order chi connectivity index (χ0) is 23.5. The van der Waals surface area contributed by atoms with Crippen LogP contribution in [0.15, 0.2) is 54.6 Å². The second-order valence-corrected chi connectivity index (χ2v) is 10.7. The molecule has 2 amide bonds. The van der Waals surface area contributed by atoms with E-state index in [4.69, 9.17) is 11.6 Å². The van der Waals surface area contributed by atoms with Crippen molar-refractivity contribution in [2.24, 2.45) is 11.3 Å². The number of rotatable bonds is 8. The van der Waals surface area contributed by atoms with Crippen molar-refractivity contribution in [3.63, 3.8) is 0 Å². The van der Waals surface area contributed by atoms with Crippen molar-refractivity contribution in [2.75, 3.05) is 26.2 Å². The molecule has 3 fully saturated rings. The molecule has 2 aromatic carbocycles. The predicted octanol–water partition coefficient (Wildman–Crippen LogP) is 5.23. The van der Waals surface area contributed by atoms with E-state index >= 15 is 0 Å². The lowest BCUT2D eigenvalue weighted by atomic mass is 9.77. The highest BCUT2D eigenvalue weighted by atomic mass is 35.5. The number of amides is 2. The first-order chi connectivity index (χ1) is 16.5. The van der Waals surface area contributed by atoms with Gasteiger partial charge in [-0.1, -0.05) is 54.1 Å². The van der Waals surface area contributed by atoms with Crippen LogP contribution in [0.3, 0.4) is 0 Å². The van der Waals surface area contributed by atoms with Crippen LogP contribution in [0.4, 0.5) is 0 Å². The summed E-state index contributed by atoms with van der Waals surface area (Å²) in [5, 5.41) is 4.01. The molecule has 2 aromatic rings. The van der Waals surface area contributed by atoms with E-state index in [9.17, 15) is 9.59 Å². The van der Waals surface area contributed by atoms with Crippen LogP contribution in [-0.4, -0.2) is 47.8 Å². The van der Waals surface area contributed by atoms with E-state index in [-0.39, 0.29) is 35.7 Å². The molecule has 2 heterocycles. The smallest absolute Gasteiger partial charge is 0.229 e. The van der Waals surface area contributed by atoms with Crippen molar-refractivity contribution >= 4 is 35.8 Å². The molecule has 1 atom stereocenters. The molecule has 0 aromatic heterocycles. The number of benzene rings is 2. The second-order valence-electron chi connectivity index (χ2n) is 10.3. The van der Waals surface area contributed by atoms with Crippen LogP contribution in [0.25, 0.3) is 0 Å². The summed E-state index contributed by atoms with van der Waals surface area (Å²) in [7, 11) is 0. The second kappa shape index (κ2) is 11.3. The Balaban J connectivity index is 0.00000289. The standard InChI is InChI=1S/C28H34ClN3O2.ClH/c29-24-10-6-21(7-11-24)20-32-19-15-28(27(32)34)13-17-31(18-14-28)16-12-25(22-4-2-1-3-5-22)30-26(33)23-8-9-23;/h1-7,10-11,23,25H,8-9,12-20H2,(H,30,33);1H/t25-;/m0./s1. The molecule has 1 aliphatic carbocycles. The van der Waals surface area contributed by atoms with Crippen molar-refractivity contribution in [3.05, 3.63) is 70.7 Å². The maximum absolute atomic E-state index is 13.3. The molecule has 5 rings (SSSR count). The Bertz CT molecular complexity index is 1000. The summed E-state index contributed by atoms with van der Waals surface area (Å²) in [4.78, 5) is 30.3. The van der Waals surface area contributed by atoms with Gasteiger partial charge < -0.3 is 15.1 Å². The Morgan fingerprint density at radius 3 is 2.31 bits per heavy atom. The van der Waals surface area contributed by atoms with Gasteiger partial charge in [0.2, 0.25) is 11.8 Å². The molecule has 0 unspecified atom stereocenters. The molecule has 3 aliphatic rings. The number of piperidine rings is 1. The highest BCUT2D eigenvalue weighted by Crippen LogP contribution is 2.42. The molecule has 1 N–H and O–H groups in total. The number of carbonyl (C=O) groups is 2. The van der Waals surface area contributed by atoms with E-state index in [1.807, 2.05) is 47.4 Å². The third-order valence-corrected chi connectivity index (χ3v) is 8.15. The third kappa shape index (κ3) is 6.19. The number of likely N-dealkylation sites (tertiary alicyclic amines) is 2. The fourth-order valence-electron chi connectivity index (χ4n) is 5.48. The Kier molecular flexibility index (Phi) is 8.41. The quantitative estimate of drug-likeness (QED) is 0.523. The van der Waals surface area contributed by atoms with Crippen LogP contribution in [0.1, 0.15) is 55.7 Å². The van der Waals surface area contributed by atoms with Gasteiger partial charge in [0.1, 0.15) is 0 Å². The molecular weight excluding hydrogens is 481 g/mol. The lowest BCUT2D eigenvalue weighted by Crippen LogP contribution is -2.45. The minimum absolute atomic E-state index is 0. The minimum Gasteiger partial charge on any atom is -0.349 e. The molecule has 1 spiro atoms. The van der Waals surface area contributed by atoms with Gasteiger partial charge in [0, 0.05) is 30.6 Å². The Morgan fingerprint density at radius 1 is 1.00 bits per heavy atom. The minimum atomic E-state index is -0.193. The zero-order valence-corrected chi connectivity index (χ0v) is 21.7. The lowest BCUT2D eigenvalue weighted by Gasteiger charge is -2.38. The molecule has 188 valence electrons. The molecular formula is C28H35Cl2N3O2. The third-order valence-electron chi connectivity index (χ3n) is 7.90. The van der Waals surface area contributed by atoms with Gasteiger partial charge in [-0.2, -0.15) is 0 Å². The number of nitrogens with one attached hydrogen (secondary N) is 1. The van der Waals surface area contributed by atoms with E-state index in [2.05, 4.69) is 22.3 Å². The summed E-state index contributed by atoms with van der Waals surface area (Å²) >= 11 is 6.00. The number of nitrogens with zero attached hydrogens (tertiary/aromatic N) is 2. The van der Waals surface area contributed by atoms with Crippen molar-refractivity contribution < 1.29 is 9.59 Å². The van der Waals surface area contributed by atoms with Crippen molar-refractivity contribution in [1.82, 2.24) is 15.1 Å². The SMILES string of the molecule is Cl.O=C(N[C@@H](CCN1CCC2(CC1)CCN(Cc1ccc(Cl)cc1)C2=O)c1ccccc1)C1CC1. The van der Waals surface area contributed by atoms with E-state index in [1.54, 1.807) is 0 Å². The summed E-state index contributed by atoms with van der Waals surface area (Å²) in [6, 6.07) is 18.2. The van der Waals surface area contributed by atoms with E-state index < -0.39 is 0 Å².